The lowest BCUT2D eigenvalue weighted by molar-refractivity contribution is 0.0600. The van der Waals surface area contributed by atoms with Crippen molar-refractivity contribution in [2.75, 3.05) is 12.8 Å². The van der Waals surface area contributed by atoms with Gasteiger partial charge in [0.1, 0.15) is 5.75 Å². The van der Waals surface area contributed by atoms with Crippen molar-refractivity contribution < 1.29 is 14.6 Å². The van der Waals surface area contributed by atoms with Gasteiger partial charge >= 0.3 is 5.97 Å². The summed E-state index contributed by atoms with van der Waals surface area (Å²) in [5, 5.41) is 9.33. The topological polar surface area (TPSA) is 72.5 Å². The molecule has 1 aromatic rings. The van der Waals surface area contributed by atoms with Crippen LogP contribution in [0.3, 0.4) is 0 Å². The number of hydrogen-bond acceptors (Lipinski definition) is 4. The molecule has 0 spiro atoms. The summed E-state index contributed by atoms with van der Waals surface area (Å²) in [7, 11) is 1.24. The molecule has 3 N–H and O–H groups in total. The van der Waals surface area contributed by atoms with Crippen LogP contribution in [-0.4, -0.2) is 18.2 Å². The third kappa shape index (κ3) is 1.84. The summed E-state index contributed by atoms with van der Waals surface area (Å²) in [5.41, 5.74) is 5.57. The third-order valence-corrected chi connectivity index (χ3v) is 1.84. The second kappa shape index (κ2) is 3.53. The Labute approximate surface area is 79.9 Å². The molecule has 0 radical (unpaired) electrons. The van der Waals surface area contributed by atoms with Crippen LogP contribution < -0.4 is 5.73 Å². The van der Waals surface area contributed by atoms with Crippen molar-refractivity contribution in [2.24, 2.45) is 0 Å². The predicted molar refractivity (Wildman–Crippen MR) is 48.9 cm³/mol. The van der Waals surface area contributed by atoms with E-state index in [0.29, 0.717) is 0 Å². The largest absolute Gasteiger partial charge is 0.506 e. The van der Waals surface area contributed by atoms with E-state index in [-0.39, 0.29) is 22.0 Å². The Morgan fingerprint density at radius 1 is 1.62 bits per heavy atom. The van der Waals surface area contributed by atoms with Crippen LogP contribution in [0.5, 0.6) is 5.75 Å². The van der Waals surface area contributed by atoms with Crippen LogP contribution in [0.25, 0.3) is 0 Å². The number of ether oxygens (including phenoxy) is 1. The fourth-order valence-corrected chi connectivity index (χ4v) is 1.05. The summed E-state index contributed by atoms with van der Waals surface area (Å²) in [6.07, 6.45) is 0. The number of phenolic OH excluding ortho intramolecular Hbond substituents is 1. The first-order valence-electron chi connectivity index (χ1n) is 3.42. The molecule has 0 aromatic heterocycles. The predicted octanol–water partition coefficient (Wildman–Crippen LogP) is 1.41. The van der Waals surface area contributed by atoms with Gasteiger partial charge in [-0.2, -0.15) is 0 Å². The zero-order valence-corrected chi connectivity index (χ0v) is 7.63. The number of carbonyl (C=O) groups excluding carboxylic acids is 1. The van der Waals surface area contributed by atoms with E-state index in [4.69, 9.17) is 17.3 Å². The van der Waals surface area contributed by atoms with Crippen molar-refractivity contribution in [1.29, 1.82) is 0 Å². The van der Waals surface area contributed by atoms with Crippen molar-refractivity contribution >= 4 is 23.3 Å². The van der Waals surface area contributed by atoms with Crippen LogP contribution in [0.4, 0.5) is 5.69 Å². The van der Waals surface area contributed by atoms with Gasteiger partial charge in [-0.25, -0.2) is 4.79 Å². The van der Waals surface area contributed by atoms with Crippen molar-refractivity contribution in [3.05, 3.63) is 22.7 Å². The highest BCUT2D eigenvalue weighted by Crippen LogP contribution is 2.30. The summed E-state index contributed by atoms with van der Waals surface area (Å²) in [4.78, 5) is 11.0. The molecule has 0 aliphatic rings. The number of anilines is 1. The van der Waals surface area contributed by atoms with Gasteiger partial charge in [-0.1, -0.05) is 11.6 Å². The number of phenols is 1. The first kappa shape index (κ1) is 9.67. The summed E-state index contributed by atoms with van der Waals surface area (Å²) in [5.74, 6) is -0.801. The SMILES string of the molecule is COC(=O)c1cc(O)c(N)c(Cl)c1. The Hall–Kier alpha value is -1.42. The van der Waals surface area contributed by atoms with Crippen LogP contribution in [0.2, 0.25) is 5.02 Å². The second-order valence-corrected chi connectivity index (χ2v) is 2.79. The van der Waals surface area contributed by atoms with Crippen LogP contribution in [0, 0.1) is 0 Å². The number of carbonyl (C=O) groups is 1. The molecule has 0 atom stereocenters. The molecule has 0 aliphatic carbocycles. The van der Waals surface area contributed by atoms with E-state index in [1.165, 1.54) is 19.2 Å². The summed E-state index contributed by atoms with van der Waals surface area (Å²) < 4.78 is 4.44. The molecule has 13 heavy (non-hydrogen) atoms. The Bertz CT molecular complexity index is 328. The number of nitrogens with two attached hydrogens (primary N) is 1. The number of methoxy groups -OCH3 is 1. The van der Waals surface area contributed by atoms with E-state index >= 15 is 0 Å². The Balaban J connectivity index is 3.20. The highest BCUT2D eigenvalue weighted by Gasteiger charge is 2.11. The van der Waals surface area contributed by atoms with Gasteiger partial charge in [-0.05, 0) is 12.1 Å². The van der Waals surface area contributed by atoms with Gasteiger partial charge in [0.25, 0.3) is 0 Å². The number of benzene rings is 1. The van der Waals surface area contributed by atoms with Crippen LogP contribution in [0.15, 0.2) is 12.1 Å². The molecule has 5 heteroatoms. The number of halogens is 1. The van der Waals surface area contributed by atoms with Crippen LogP contribution in [0.1, 0.15) is 10.4 Å². The van der Waals surface area contributed by atoms with Crippen LogP contribution in [-0.2, 0) is 4.74 Å². The fraction of sp³-hybridized carbons (Fsp3) is 0.125. The maximum Gasteiger partial charge on any atom is 0.338 e. The van der Waals surface area contributed by atoms with E-state index in [9.17, 15) is 9.90 Å². The zero-order chi connectivity index (χ0) is 10.0. The van der Waals surface area contributed by atoms with Crippen molar-refractivity contribution in [3.8, 4) is 5.75 Å². The lowest BCUT2D eigenvalue weighted by atomic mass is 10.2. The van der Waals surface area contributed by atoms with E-state index in [1.807, 2.05) is 0 Å². The van der Waals surface area contributed by atoms with Crippen LogP contribution >= 0.6 is 11.6 Å². The van der Waals surface area contributed by atoms with Crippen molar-refractivity contribution in [1.82, 2.24) is 0 Å². The van der Waals surface area contributed by atoms with Gasteiger partial charge in [0.15, 0.2) is 0 Å². The molecule has 0 fully saturated rings. The molecule has 0 saturated carbocycles. The molecular formula is C8H8ClNO3. The van der Waals surface area contributed by atoms with Crippen molar-refractivity contribution in [2.45, 2.75) is 0 Å². The minimum Gasteiger partial charge on any atom is -0.506 e. The van der Waals surface area contributed by atoms with E-state index in [0.717, 1.165) is 0 Å². The van der Waals surface area contributed by atoms with Gasteiger partial charge in [0, 0.05) is 0 Å². The normalized spacial score (nSPS) is 9.69. The smallest absolute Gasteiger partial charge is 0.338 e. The molecule has 1 aromatic carbocycles. The highest BCUT2D eigenvalue weighted by molar-refractivity contribution is 6.33. The number of hydrogen-bond donors (Lipinski definition) is 2. The molecule has 0 aliphatic heterocycles. The molecule has 0 unspecified atom stereocenters. The molecule has 0 saturated heterocycles. The summed E-state index contributed by atoms with van der Waals surface area (Å²) in [6.45, 7) is 0. The third-order valence-electron chi connectivity index (χ3n) is 1.53. The zero-order valence-electron chi connectivity index (χ0n) is 6.87. The maximum atomic E-state index is 11.0. The number of rotatable bonds is 1. The first-order chi connectivity index (χ1) is 6.06. The minimum atomic E-state index is -0.572. The molecular weight excluding hydrogens is 194 g/mol. The molecule has 70 valence electrons. The second-order valence-electron chi connectivity index (χ2n) is 2.38. The summed E-state index contributed by atoms with van der Waals surface area (Å²) in [6, 6.07) is 2.54. The molecule has 0 amide bonds. The molecule has 0 bridgehead atoms. The Kier molecular flexibility index (Phi) is 2.63. The lowest BCUT2D eigenvalue weighted by Crippen LogP contribution is -2.01. The van der Waals surface area contributed by atoms with Gasteiger partial charge in [0.2, 0.25) is 0 Å². The van der Waals surface area contributed by atoms with E-state index in [2.05, 4.69) is 4.74 Å². The molecule has 4 nitrogen and oxygen atoms in total. The highest BCUT2D eigenvalue weighted by atomic mass is 35.5. The number of nitrogen functional groups attached to an aromatic ring is 1. The van der Waals surface area contributed by atoms with Gasteiger partial charge in [-0.15, -0.1) is 0 Å². The molecule has 0 heterocycles. The minimum absolute atomic E-state index is 0.0503. The molecule has 1 rings (SSSR count). The fourth-order valence-electron chi connectivity index (χ4n) is 0.839. The van der Waals surface area contributed by atoms with Crippen molar-refractivity contribution in [3.63, 3.8) is 0 Å². The van der Waals surface area contributed by atoms with Gasteiger partial charge < -0.3 is 15.6 Å². The number of aromatic hydroxyl groups is 1. The maximum absolute atomic E-state index is 11.0. The number of esters is 1. The first-order valence-corrected chi connectivity index (χ1v) is 3.80. The van der Waals surface area contributed by atoms with E-state index in [1.54, 1.807) is 0 Å². The standard InChI is InChI=1S/C8H8ClNO3/c1-13-8(12)4-2-5(9)7(10)6(11)3-4/h2-3,11H,10H2,1H3. The summed E-state index contributed by atoms with van der Waals surface area (Å²) >= 11 is 5.63. The van der Waals surface area contributed by atoms with E-state index < -0.39 is 5.97 Å². The quantitative estimate of drug-likeness (QED) is 0.409. The van der Waals surface area contributed by atoms with Gasteiger partial charge in [0.05, 0.1) is 23.4 Å². The lowest BCUT2D eigenvalue weighted by Gasteiger charge is -2.04. The average molecular weight is 202 g/mol. The van der Waals surface area contributed by atoms with Gasteiger partial charge in [-0.3, -0.25) is 0 Å². The average Bonchev–Trinajstić information content (AvgIpc) is 2.12. The Morgan fingerprint density at radius 3 is 2.69 bits per heavy atom. The monoisotopic (exact) mass is 201 g/mol. The Morgan fingerprint density at radius 2 is 2.23 bits per heavy atom.